The van der Waals surface area contributed by atoms with Crippen LogP contribution in [0.1, 0.15) is 22.8 Å². The van der Waals surface area contributed by atoms with Crippen LogP contribution in [0.2, 0.25) is 0 Å². The Morgan fingerprint density at radius 3 is 2.14 bits per heavy atom. The number of halogens is 2. The highest BCUT2D eigenvalue weighted by atomic mass is 79.9. The molecule has 112 valence electrons. The number of aryl methyl sites for hydroxylation is 1. The summed E-state index contributed by atoms with van der Waals surface area (Å²) in [6, 6.07) is 9.41. The van der Waals surface area contributed by atoms with Crippen LogP contribution in [0.5, 0.6) is 11.5 Å². The highest BCUT2D eigenvalue weighted by Gasteiger charge is 2.20. The second-order valence-corrected chi connectivity index (χ2v) is 6.36. The lowest BCUT2D eigenvalue weighted by Crippen LogP contribution is -2.04. The molecule has 0 bridgehead atoms. The van der Waals surface area contributed by atoms with E-state index in [9.17, 15) is 5.11 Å². The van der Waals surface area contributed by atoms with Gasteiger partial charge in [-0.15, -0.1) is 0 Å². The molecule has 0 saturated heterocycles. The van der Waals surface area contributed by atoms with Crippen molar-refractivity contribution in [3.05, 3.63) is 56.0 Å². The topological polar surface area (TPSA) is 38.7 Å². The van der Waals surface area contributed by atoms with Gasteiger partial charge in [0, 0.05) is 10.0 Å². The number of methoxy groups -OCH3 is 2. The summed E-state index contributed by atoms with van der Waals surface area (Å²) < 4.78 is 12.3. The number of benzene rings is 2. The van der Waals surface area contributed by atoms with Crippen LogP contribution in [-0.4, -0.2) is 19.3 Å². The summed E-state index contributed by atoms with van der Waals surface area (Å²) in [6.07, 6.45) is -0.808. The molecule has 2 rings (SSSR count). The van der Waals surface area contributed by atoms with Crippen molar-refractivity contribution < 1.29 is 14.6 Å². The molecule has 0 aliphatic rings. The summed E-state index contributed by atoms with van der Waals surface area (Å²) >= 11 is 6.92. The molecular formula is C16H16Br2O3. The van der Waals surface area contributed by atoms with Crippen molar-refractivity contribution in [2.45, 2.75) is 13.0 Å². The molecule has 0 aliphatic carbocycles. The van der Waals surface area contributed by atoms with Crippen molar-refractivity contribution in [1.29, 1.82) is 0 Å². The largest absolute Gasteiger partial charge is 0.496 e. The SMILES string of the molecule is COc1cc(C(O)c2ccc(C)cc2Br)c(OC)cc1Br. The summed E-state index contributed by atoms with van der Waals surface area (Å²) in [5.41, 5.74) is 2.56. The number of rotatable bonds is 4. The molecule has 2 aromatic carbocycles. The van der Waals surface area contributed by atoms with E-state index in [0.717, 1.165) is 20.1 Å². The standard InChI is InChI=1S/C16H16Br2O3/c1-9-4-5-10(12(17)6-9)16(19)11-7-15(21-3)13(18)8-14(11)20-2/h4-8,16,19H,1-3H3. The summed E-state index contributed by atoms with van der Waals surface area (Å²) in [5, 5.41) is 10.7. The van der Waals surface area contributed by atoms with Crippen molar-refractivity contribution in [1.82, 2.24) is 0 Å². The molecule has 1 unspecified atom stereocenters. The van der Waals surface area contributed by atoms with Gasteiger partial charge in [0.25, 0.3) is 0 Å². The molecule has 0 fully saturated rings. The third kappa shape index (κ3) is 3.42. The fraction of sp³-hybridized carbons (Fsp3) is 0.250. The molecule has 0 spiro atoms. The number of hydrogen-bond acceptors (Lipinski definition) is 3. The van der Waals surface area contributed by atoms with Crippen LogP contribution in [0.4, 0.5) is 0 Å². The molecule has 0 aliphatic heterocycles. The van der Waals surface area contributed by atoms with Crippen molar-refractivity contribution in [2.24, 2.45) is 0 Å². The first-order valence-corrected chi connectivity index (χ1v) is 7.92. The number of ether oxygens (including phenoxy) is 2. The quantitative estimate of drug-likeness (QED) is 0.791. The Kier molecular flexibility index (Phi) is 5.30. The average molecular weight is 416 g/mol. The van der Waals surface area contributed by atoms with E-state index in [1.54, 1.807) is 26.4 Å². The Morgan fingerprint density at radius 1 is 0.905 bits per heavy atom. The van der Waals surface area contributed by atoms with E-state index in [4.69, 9.17) is 9.47 Å². The van der Waals surface area contributed by atoms with E-state index >= 15 is 0 Å². The minimum absolute atomic E-state index is 0.600. The van der Waals surface area contributed by atoms with E-state index in [0.29, 0.717) is 17.1 Å². The van der Waals surface area contributed by atoms with Gasteiger partial charge in [0.05, 0.1) is 18.7 Å². The van der Waals surface area contributed by atoms with Crippen LogP contribution in [-0.2, 0) is 0 Å². The van der Waals surface area contributed by atoms with Gasteiger partial charge in [-0.25, -0.2) is 0 Å². The van der Waals surface area contributed by atoms with E-state index in [1.165, 1.54) is 0 Å². The minimum Gasteiger partial charge on any atom is -0.496 e. The first-order valence-electron chi connectivity index (χ1n) is 6.33. The van der Waals surface area contributed by atoms with Crippen molar-refractivity contribution in [3.63, 3.8) is 0 Å². The maximum absolute atomic E-state index is 10.7. The van der Waals surface area contributed by atoms with E-state index < -0.39 is 6.10 Å². The lowest BCUT2D eigenvalue weighted by Gasteiger charge is -2.18. The zero-order valence-corrected chi connectivity index (χ0v) is 15.2. The van der Waals surface area contributed by atoms with Crippen LogP contribution >= 0.6 is 31.9 Å². The minimum atomic E-state index is -0.808. The van der Waals surface area contributed by atoms with Crippen LogP contribution in [0.3, 0.4) is 0 Å². The predicted molar refractivity (Wildman–Crippen MR) is 90.2 cm³/mol. The Labute approximate surface area is 141 Å². The Hall–Kier alpha value is -1.04. The van der Waals surface area contributed by atoms with Gasteiger partial charge in [-0.1, -0.05) is 28.1 Å². The molecule has 0 aromatic heterocycles. The molecule has 21 heavy (non-hydrogen) atoms. The third-order valence-electron chi connectivity index (χ3n) is 3.25. The van der Waals surface area contributed by atoms with Crippen LogP contribution in [0.25, 0.3) is 0 Å². The second kappa shape index (κ2) is 6.81. The predicted octanol–water partition coefficient (Wildman–Crippen LogP) is 4.62. The summed E-state index contributed by atoms with van der Waals surface area (Å²) in [7, 11) is 3.17. The van der Waals surface area contributed by atoms with Crippen LogP contribution in [0, 0.1) is 6.92 Å². The average Bonchev–Trinajstić information content (AvgIpc) is 2.46. The first-order chi connectivity index (χ1) is 9.97. The highest BCUT2D eigenvalue weighted by Crippen LogP contribution is 2.39. The smallest absolute Gasteiger partial charge is 0.133 e. The lowest BCUT2D eigenvalue weighted by molar-refractivity contribution is 0.213. The lowest BCUT2D eigenvalue weighted by atomic mass is 9.99. The monoisotopic (exact) mass is 414 g/mol. The Morgan fingerprint density at radius 2 is 1.57 bits per heavy atom. The molecule has 0 amide bonds. The molecule has 0 heterocycles. The zero-order chi connectivity index (χ0) is 15.6. The van der Waals surface area contributed by atoms with Gasteiger partial charge in [-0.05, 0) is 52.2 Å². The van der Waals surface area contributed by atoms with Crippen molar-refractivity contribution in [2.75, 3.05) is 14.2 Å². The van der Waals surface area contributed by atoms with Gasteiger partial charge in [0.1, 0.15) is 17.6 Å². The number of aliphatic hydroxyl groups excluding tert-OH is 1. The Balaban J connectivity index is 2.53. The Bertz CT molecular complexity index is 656. The van der Waals surface area contributed by atoms with E-state index in [2.05, 4.69) is 31.9 Å². The van der Waals surface area contributed by atoms with Crippen molar-refractivity contribution in [3.8, 4) is 11.5 Å². The van der Waals surface area contributed by atoms with Gasteiger partial charge in [0.2, 0.25) is 0 Å². The van der Waals surface area contributed by atoms with Crippen molar-refractivity contribution >= 4 is 31.9 Å². The summed E-state index contributed by atoms with van der Waals surface area (Å²) in [6.45, 7) is 2.00. The fourth-order valence-electron chi connectivity index (χ4n) is 2.12. The van der Waals surface area contributed by atoms with E-state index in [1.807, 2.05) is 25.1 Å². The maximum atomic E-state index is 10.7. The van der Waals surface area contributed by atoms with Crippen LogP contribution < -0.4 is 9.47 Å². The molecule has 1 N–H and O–H groups in total. The molecule has 1 atom stereocenters. The van der Waals surface area contributed by atoms with Gasteiger partial charge < -0.3 is 14.6 Å². The van der Waals surface area contributed by atoms with Gasteiger partial charge in [0.15, 0.2) is 0 Å². The molecular weight excluding hydrogens is 400 g/mol. The third-order valence-corrected chi connectivity index (χ3v) is 4.56. The normalized spacial score (nSPS) is 12.1. The maximum Gasteiger partial charge on any atom is 0.133 e. The molecule has 3 nitrogen and oxygen atoms in total. The number of hydrogen-bond donors (Lipinski definition) is 1. The van der Waals surface area contributed by atoms with E-state index in [-0.39, 0.29) is 0 Å². The molecule has 0 saturated carbocycles. The summed E-state index contributed by atoms with van der Waals surface area (Å²) in [5.74, 6) is 1.25. The first kappa shape index (κ1) is 16.3. The summed E-state index contributed by atoms with van der Waals surface area (Å²) in [4.78, 5) is 0. The molecule has 5 heteroatoms. The van der Waals surface area contributed by atoms with Gasteiger partial charge >= 0.3 is 0 Å². The van der Waals surface area contributed by atoms with Gasteiger partial charge in [-0.2, -0.15) is 0 Å². The fourth-order valence-corrected chi connectivity index (χ4v) is 3.31. The van der Waals surface area contributed by atoms with Gasteiger partial charge in [-0.3, -0.25) is 0 Å². The highest BCUT2D eigenvalue weighted by molar-refractivity contribution is 9.10. The number of aliphatic hydroxyl groups is 1. The molecule has 2 aromatic rings. The van der Waals surface area contributed by atoms with Crippen LogP contribution in [0.15, 0.2) is 39.3 Å². The second-order valence-electron chi connectivity index (χ2n) is 4.66. The molecule has 0 radical (unpaired) electrons. The zero-order valence-electron chi connectivity index (χ0n) is 12.0.